The second-order valence-corrected chi connectivity index (χ2v) is 23.0. The van der Waals surface area contributed by atoms with E-state index in [4.69, 9.17) is 14.2 Å². The van der Waals surface area contributed by atoms with E-state index in [1.54, 1.807) is 0 Å². The first-order valence-electron chi connectivity index (χ1n) is 34.7. The topological polar surface area (TPSA) is 78.9 Å². The molecule has 0 saturated heterocycles. The summed E-state index contributed by atoms with van der Waals surface area (Å²) in [4.78, 5) is 38.2. The van der Waals surface area contributed by atoms with E-state index in [2.05, 4.69) is 118 Å². The number of esters is 3. The molecule has 0 saturated carbocycles. The van der Waals surface area contributed by atoms with Gasteiger partial charge in [0.25, 0.3) is 0 Å². The van der Waals surface area contributed by atoms with Crippen molar-refractivity contribution in [1.29, 1.82) is 0 Å². The Morgan fingerprint density at radius 3 is 0.753 bits per heavy atom. The largest absolute Gasteiger partial charge is 0.462 e. The van der Waals surface area contributed by atoms with Crippen LogP contribution in [0.5, 0.6) is 0 Å². The first-order valence-corrected chi connectivity index (χ1v) is 34.7. The molecule has 6 nitrogen and oxygen atoms in total. The van der Waals surface area contributed by atoms with E-state index in [1.807, 2.05) is 0 Å². The van der Waals surface area contributed by atoms with Gasteiger partial charge in [-0.15, -0.1) is 0 Å². The molecule has 0 rings (SSSR count). The molecular formula is C75H130O6. The molecule has 1 atom stereocenters. The molecule has 0 N–H and O–H groups in total. The summed E-state index contributed by atoms with van der Waals surface area (Å²) in [5, 5.41) is 0. The fourth-order valence-corrected chi connectivity index (χ4v) is 9.96. The lowest BCUT2D eigenvalue weighted by Crippen LogP contribution is -2.30. The van der Waals surface area contributed by atoms with Crippen LogP contribution in [0, 0.1) is 0 Å². The van der Waals surface area contributed by atoms with E-state index in [0.717, 1.165) is 109 Å². The lowest BCUT2D eigenvalue weighted by Gasteiger charge is -2.18. The van der Waals surface area contributed by atoms with E-state index in [1.165, 1.54) is 193 Å². The smallest absolute Gasteiger partial charge is 0.306 e. The zero-order chi connectivity index (χ0) is 58.5. The van der Waals surface area contributed by atoms with Crippen molar-refractivity contribution in [3.05, 3.63) is 97.2 Å². The Labute approximate surface area is 502 Å². The van der Waals surface area contributed by atoms with Crippen LogP contribution in [0.4, 0.5) is 0 Å². The summed E-state index contributed by atoms with van der Waals surface area (Å²) in [5.74, 6) is -0.870. The number of unbranched alkanes of at least 4 members (excludes halogenated alkanes) is 36. The Balaban J connectivity index is 4.02. The summed E-state index contributed by atoms with van der Waals surface area (Å²) < 4.78 is 16.9. The first-order chi connectivity index (χ1) is 40.0. The molecule has 0 heterocycles. The maximum atomic E-state index is 12.9. The van der Waals surface area contributed by atoms with Gasteiger partial charge in [-0.1, -0.05) is 323 Å². The molecule has 1 unspecified atom stereocenters. The van der Waals surface area contributed by atoms with Gasteiger partial charge in [-0.05, 0) is 96.3 Å². The first kappa shape index (κ1) is 77.3. The van der Waals surface area contributed by atoms with Crippen LogP contribution < -0.4 is 0 Å². The molecule has 0 aromatic rings. The number of hydrogen-bond acceptors (Lipinski definition) is 6. The Bertz CT molecular complexity index is 1580. The van der Waals surface area contributed by atoms with Crippen molar-refractivity contribution in [1.82, 2.24) is 0 Å². The van der Waals surface area contributed by atoms with Gasteiger partial charge in [0.05, 0.1) is 0 Å². The standard InChI is InChI=1S/C75H130O6/c1-4-7-10-13-16-18-20-22-24-26-28-30-32-33-34-35-36-37-38-39-40-41-43-44-46-48-50-52-54-56-59-62-65-68-74(77)80-71-72(70-79-73(76)67-64-61-58-15-12-9-6-3)81-75(78)69-66-63-60-57-55-53-51-49-47-45-42-31-29-27-25-23-21-19-17-14-11-8-5-2/h7-8,10-11,16-19,22-25,28-31,72H,4-6,9,12-15,20-21,26-27,32-71H2,1-3H3/b10-7-,11-8-,18-16-,19-17-,24-22-,25-23-,30-28-,31-29-. The van der Waals surface area contributed by atoms with E-state index in [-0.39, 0.29) is 31.1 Å². The minimum atomic E-state index is -0.776. The third-order valence-corrected chi connectivity index (χ3v) is 15.1. The van der Waals surface area contributed by atoms with E-state index in [9.17, 15) is 14.4 Å². The Morgan fingerprint density at radius 2 is 0.481 bits per heavy atom. The molecule has 0 radical (unpaired) electrons. The van der Waals surface area contributed by atoms with Crippen molar-refractivity contribution in [3.8, 4) is 0 Å². The number of ether oxygens (including phenoxy) is 3. The highest BCUT2D eigenvalue weighted by Gasteiger charge is 2.19. The molecule has 0 bridgehead atoms. The number of carbonyl (C=O) groups is 3. The average molecular weight is 1130 g/mol. The molecule has 0 amide bonds. The van der Waals surface area contributed by atoms with Crippen molar-refractivity contribution in [2.24, 2.45) is 0 Å². The van der Waals surface area contributed by atoms with Gasteiger partial charge in [0, 0.05) is 19.3 Å². The van der Waals surface area contributed by atoms with Crippen molar-refractivity contribution in [3.63, 3.8) is 0 Å². The number of hydrogen-bond donors (Lipinski definition) is 0. The highest BCUT2D eigenvalue weighted by Crippen LogP contribution is 2.18. The van der Waals surface area contributed by atoms with Crippen molar-refractivity contribution in [2.75, 3.05) is 13.2 Å². The van der Waals surface area contributed by atoms with Crippen LogP contribution in [0.2, 0.25) is 0 Å². The summed E-state index contributed by atoms with van der Waals surface area (Å²) in [6.07, 6.45) is 93.3. The molecule has 0 aliphatic carbocycles. The number of allylic oxidation sites excluding steroid dienone is 16. The second-order valence-electron chi connectivity index (χ2n) is 23.0. The van der Waals surface area contributed by atoms with Crippen molar-refractivity contribution in [2.45, 2.75) is 348 Å². The zero-order valence-electron chi connectivity index (χ0n) is 53.5. The SMILES string of the molecule is CC/C=C\C/C=C\C/C=C\C/C=C\CCCCCCCCCCCCCCCCCCCCCCC(=O)OCC(COC(=O)CCCCCCCCC)OC(=O)CCCCCCCCCCCC/C=C\C/C=C\C/C=C\C/C=C\CC. The maximum absolute atomic E-state index is 12.9. The Morgan fingerprint density at radius 1 is 0.259 bits per heavy atom. The van der Waals surface area contributed by atoms with Gasteiger partial charge in [0.1, 0.15) is 13.2 Å². The molecule has 81 heavy (non-hydrogen) atoms. The predicted molar refractivity (Wildman–Crippen MR) is 353 cm³/mol. The molecule has 0 spiro atoms. The summed E-state index contributed by atoms with van der Waals surface area (Å²) in [6.45, 7) is 6.41. The Hall–Kier alpha value is -3.67. The summed E-state index contributed by atoms with van der Waals surface area (Å²) in [6, 6.07) is 0. The fourth-order valence-electron chi connectivity index (χ4n) is 9.96. The Kier molecular flexibility index (Phi) is 65.7. The third-order valence-electron chi connectivity index (χ3n) is 15.1. The highest BCUT2D eigenvalue weighted by molar-refractivity contribution is 5.71. The minimum absolute atomic E-state index is 0.0744. The van der Waals surface area contributed by atoms with Crippen LogP contribution in [0.3, 0.4) is 0 Å². The van der Waals surface area contributed by atoms with Crippen molar-refractivity contribution < 1.29 is 28.6 Å². The lowest BCUT2D eigenvalue weighted by molar-refractivity contribution is -0.167. The van der Waals surface area contributed by atoms with Crippen LogP contribution in [-0.2, 0) is 28.6 Å². The van der Waals surface area contributed by atoms with Gasteiger partial charge >= 0.3 is 17.9 Å². The molecule has 0 aromatic carbocycles. The second kappa shape index (κ2) is 68.8. The normalized spacial score (nSPS) is 12.7. The van der Waals surface area contributed by atoms with Crippen molar-refractivity contribution >= 4 is 17.9 Å². The molecule has 0 aliphatic heterocycles. The predicted octanol–water partition coefficient (Wildman–Crippen LogP) is 24.0. The number of rotatable bonds is 63. The maximum Gasteiger partial charge on any atom is 0.306 e. The van der Waals surface area contributed by atoms with Crippen LogP contribution >= 0.6 is 0 Å². The minimum Gasteiger partial charge on any atom is -0.462 e. The van der Waals surface area contributed by atoms with E-state index >= 15 is 0 Å². The van der Waals surface area contributed by atoms with Gasteiger partial charge < -0.3 is 14.2 Å². The van der Waals surface area contributed by atoms with Crippen LogP contribution in [-0.4, -0.2) is 37.2 Å². The van der Waals surface area contributed by atoms with Gasteiger partial charge in [-0.2, -0.15) is 0 Å². The molecular weight excluding hydrogens is 997 g/mol. The molecule has 0 aromatic heterocycles. The van der Waals surface area contributed by atoms with Crippen LogP contribution in [0.25, 0.3) is 0 Å². The molecule has 466 valence electrons. The lowest BCUT2D eigenvalue weighted by atomic mass is 10.0. The monoisotopic (exact) mass is 1130 g/mol. The van der Waals surface area contributed by atoms with Crippen LogP contribution in [0.15, 0.2) is 97.2 Å². The van der Waals surface area contributed by atoms with Crippen LogP contribution in [0.1, 0.15) is 342 Å². The quantitative estimate of drug-likeness (QED) is 0.0261. The highest BCUT2D eigenvalue weighted by atomic mass is 16.6. The van der Waals surface area contributed by atoms with Gasteiger partial charge in [-0.25, -0.2) is 0 Å². The molecule has 6 heteroatoms. The van der Waals surface area contributed by atoms with Gasteiger partial charge in [0.2, 0.25) is 0 Å². The van der Waals surface area contributed by atoms with Gasteiger partial charge in [0.15, 0.2) is 6.10 Å². The fraction of sp³-hybridized carbons (Fsp3) is 0.747. The van der Waals surface area contributed by atoms with E-state index in [0.29, 0.717) is 19.3 Å². The summed E-state index contributed by atoms with van der Waals surface area (Å²) >= 11 is 0. The molecule has 0 aliphatic rings. The number of carbonyl (C=O) groups excluding carboxylic acids is 3. The summed E-state index contributed by atoms with van der Waals surface area (Å²) in [5.41, 5.74) is 0. The summed E-state index contributed by atoms with van der Waals surface area (Å²) in [7, 11) is 0. The van der Waals surface area contributed by atoms with Gasteiger partial charge in [-0.3, -0.25) is 14.4 Å². The molecule has 0 fully saturated rings. The van der Waals surface area contributed by atoms with E-state index < -0.39 is 6.10 Å². The zero-order valence-corrected chi connectivity index (χ0v) is 53.5. The average Bonchev–Trinajstić information content (AvgIpc) is 3.47. The third kappa shape index (κ3) is 67.0.